The number of anilines is 1. The van der Waals surface area contributed by atoms with Crippen molar-refractivity contribution in [2.45, 2.75) is 20.8 Å². The first-order valence-corrected chi connectivity index (χ1v) is 5.92. The Morgan fingerprint density at radius 3 is 2.50 bits per heavy atom. The number of aryl methyl sites for hydroxylation is 3. The van der Waals surface area contributed by atoms with Gasteiger partial charge in [-0.3, -0.25) is 0 Å². The molecule has 0 saturated heterocycles. The van der Waals surface area contributed by atoms with E-state index in [4.69, 9.17) is 0 Å². The zero-order valence-electron chi connectivity index (χ0n) is 10.9. The van der Waals surface area contributed by atoms with Gasteiger partial charge in [0.25, 0.3) is 0 Å². The van der Waals surface area contributed by atoms with Gasteiger partial charge in [-0.2, -0.15) is 4.52 Å². The molecule has 0 aliphatic carbocycles. The van der Waals surface area contributed by atoms with E-state index in [9.17, 15) is 0 Å². The average Bonchev–Trinajstić information content (AvgIpc) is 2.65. The van der Waals surface area contributed by atoms with Gasteiger partial charge in [0.1, 0.15) is 5.82 Å². The van der Waals surface area contributed by atoms with E-state index in [0.717, 1.165) is 39.4 Å². The van der Waals surface area contributed by atoms with E-state index in [1.165, 1.54) is 0 Å². The third-order valence-corrected chi connectivity index (χ3v) is 3.06. The van der Waals surface area contributed by atoms with Crippen LogP contribution in [0.3, 0.4) is 0 Å². The molecule has 0 radical (unpaired) electrons. The lowest BCUT2D eigenvalue weighted by atomic mass is 10.2. The molecule has 0 saturated carbocycles. The number of aromatic nitrogens is 4. The first-order chi connectivity index (χ1) is 8.60. The standard InChI is InChI=1S/C13H15N5/c1-7-5-8(2)15-12-11(7)13-16-9(3)6-10(14-4)18(13)17-12/h5-6,14H,1-4H3. The number of nitrogens with one attached hydrogen (secondary N) is 1. The molecule has 0 atom stereocenters. The molecule has 0 bridgehead atoms. The van der Waals surface area contributed by atoms with Crippen LogP contribution in [-0.2, 0) is 0 Å². The van der Waals surface area contributed by atoms with Crippen LogP contribution in [0.25, 0.3) is 16.7 Å². The smallest absolute Gasteiger partial charge is 0.184 e. The lowest BCUT2D eigenvalue weighted by Crippen LogP contribution is -2.01. The molecule has 3 rings (SSSR count). The molecule has 5 nitrogen and oxygen atoms in total. The van der Waals surface area contributed by atoms with Crippen molar-refractivity contribution in [3.8, 4) is 0 Å². The predicted octanol–water partition coefficient (Wildman–Crippen LogP) is 2.24. The summed E-state index contributed by atoms with van der Waals surface area (Å²) in [5.74, 6) is 0.924. The molecule has 0 fully saturated rings. The van der Waals surface area contributed by atoms with Crippen LogP contribution in [0.1, 0.15) is 17.0 Å². The summed E-state index contributed by atoms with van der Waals surface area (Å²) in [5, 5.41) is 8.70. The largest absolute Gasteiger partial charge is 0.373 e. The summed E-state index contributed by atoms with van der Waals surface area (Å²) in [6.07, 6.45) is 0. The number of hydrogen-bond acceptors (Lipinski definition) is 4. The second kappa shape index (κ2) is 3.66. The highest BCUT2D eigenvalue weighted by atomic mass is 15.3. The van der Waals surface area contributed by atoms with Gasteiger partial charge in [-0.15, -0.1) is 5.10 Å². The zero-order valence-corrected chi connectivity index (χ0v) is 10.9. The van der Waals surface area contributed by atoms with Crippen LogP contribution in [0, 0.1) is 20.8 Å². The van der Waals surface area contributed by atoms with Crippen molar-refractivity contribution in [2.75, 3.05) is 12.4 Å². The maximum Gasteiger partial charge on any atom is 0.184 e. The summed E-state index contributed by atoms with van der Waals surface area (Å²) in [7, 11) is 1.88. The molecule has 0 spiro atoms. The molecule has 0 unspecified atom stereocenters. The second-order valence-corrected chi connectivity index (χ2v) is 4.55. The number of hydrogen-bond donors (Lipinski definition) is 1. The average molecular weight is 241 g/mol. The molecule has 0 aromatic carbocycles. The topological polar surface area (TPSA) is 55.1 Å². The Hall–Kier alpha value is -2.17. The third-order valence-electron chi connectivity index (χ3n) is 3.06. The van der Waals surface area contributed by atoms with E-state index in [0.29, 0.717) is 0 Å². The second-order valence-electron chi connectivity index (χ2n) is 4.55. The van der Waals surface area contributed by atoms with Gasteiger partial charge in [0.15, 0.2) is 11.3 Å². The summed E-state index contributed by atoms with van der Waals surface area (Å²) in [6, 6.07) is 4.04. The van der Waals surface area contributed by atoms with Crippen LogP contribution in [0.5, 0.6) is 0 Å². The first-order valence-electron chi connectivity index (χ1n) is 5.92. The number of nitrogens with zero attached hydrogens (tertiary/aromatic N) is 4. The number of pyridine rings is 1. The quantitative estimate of drug-likeness (QED) is 0.710. The van der Waals surface area contributed by atoms with Crippen molar-refractivity contribution in [3.63, 3.8) is 0 Å². The highest BCUT2D eigenvalue weighted by Gasteiger charge is 2.13. The summed E-state index contributed by atoms with van der Waals surface area (Å²) >= 11 is 0. The summed E-state index contributed by atoms with van der Waals surface area (Å²) < 4.78 is 1.82. The molecule has 0 amide bonds. The van der Waals surface area contributed by atoms with Gasteiger partial charge in [-0.25, -0.2) is 9.97 Å². The Morgan fingerprint density at radius 1 is 1.06 bits per heavy atom. The van der Waals surface area contributed by atoms with E-state index in [1.807, 2.05) is 31.5 Å². The number of rotatable bonds is 1. The van der Waals surface area contributed by atoms with Crippen molar-refractivity contribution >= 4 is 22.5 Å². The third kappa shape index (κ3) is 1.44. The van der Waals surface area contributed by atoms with Crippen molar-refractivity contribution in [1.82, 2.24) is 19.6 Å². The molecule has 3 aromatic rings. The fourth-order valence-electron chi connectivity index (χ4n) is 2.32. The molecule has 0 aliphatic rings. The van der Waals surface area contributed by atoms with Crippen LogP contribution >= 0.6 is 0 Å². The lowest BCUT2D eigenvalue weighted by molar-refractivity contribution is 0.940. The van der Waals surface area contributed by atoms with Crippen LogP contribution in [0.4, 0.5) is 5.82 Å². The van der Waals surface area contributed by atoms with Crippen LogP contribution in [-0.4, -0.2) is 26.6 Å². The highest BCUT2D eigenvalue weighted by molar-refractivity contribution is 5.93. The van der Waals surface area contributed by atoms with Crippen molar-refractivity contribution in [1.29, 1.82) is 0 Å². The summed E-state index contributed by atoms with van der Waals surface area (Å²) in [4.78, 5) is 9.06. The lowest BCUT2D eigenvalue weighted by Gasteiger charge is -2.04. The first kappa shape index (κ1) is 11.0. The minimum Gasteiger partial charge on any atom is -0.373 e. The molecule has 3 aromatic heterocycles. The van der Waals surface area contributed by atoms with Gasteiger partial charge < -0.3 is 5.32 Å². The van der Waals surface area contributed by atoms with Gasteiger partial charge in [0.05, 0.1) is 5.39 Å². The van der Waals surface area contributed by atoms with Gasteiger partial charge in [0, 0.05) is 24.5 Å². The van der Waals surface area contributed by atoms with Crippen LogP contribution in [0.2, 0.25) is 0 Å². The number of fused-ring (bicyclic) bond motifs is 3. The van der Waals surface area contributed by atoms with E-state index < -0.39 is 0 Å². The maximum absolute atomic E-state index is 4.58. The fraction of sp³-hybridized carbons (Fsp3) is 0.308. The Morgan fingerprint density at radius 2 is 1.78 bits per heavy atom. The van der Waals surface area contributed by atoms with E-state index >= 15 is 0 Å². The molecular weight excluding hydrogens is 226 g/mol. The predicted molar refractivity (Wildman–Crippen MR) is 72.0 cm³/mol. The van der Waals surface area contributed by atoms with Gasteiger partial charge >= 0.3 is 0 Å². The Bertz CT molecular complexity index is 757. The minimum atomic E-state index is 0.752. The summed E-state index contributed by atoms with van der Waals surface area (Å²) in [5.41, 5.74) is 4.72. The highest BCUT2D eigenvalue weighted by Crippen LogP contribution is 2.24. The molecule has 3 heterocycles. The minimum absolute atomic E-state index is 0.752. The molecule has 0 aliphatic heterocycles. The van der Waals surface area contributed by atoms with Gasteiger partial charge in [-0.05, 0) is 32.4 Å². The monoisotopic (exact) mass is 241 g/mol. The van der Waals surface area contributed by atoms with E-state index in [1.54, 1.807) is 0 Å². The molecular formula is C13H15N5. The SMILES string of the molecule is CNc1cc(C)nc2c3c(C)cc(C)nc3nn12. The van der Waals surface area contributed by atoms with Crippen molar-refractivity contribution in [3.05, 3.63) is 29.1 Å². The maximum atomic E-state index is 4.58. The molecule has 5 heteroatoms. The van der Waals surface area contributed by atoms with Gasteiger partial charge in [0.2, 0.25) is 0 Å². The normalized spacial score (nSPS) is 11.3. The van der Waals surface area contributed by atoms with Crippen LogP contribution < -0.4 is 5.32 Å². The Balaban J connectivity index is 2.55. The van der Waals surface area contributed by atoms with Gasteiger partial charge in [-0.1, -0.05) is 0 Å². The zero-order chi connectivity index (χ0) is 12.9. The fourth-order valence-corrected chi connectivity index (χ4v) is 2.32. The van der Waals surface area contributed by atoms with Crippen molar-refractivity contribution < 1.29 is 0 Å². The molecule has 1 N–H and O–H groups in total. The summed E-state index contributed by atoms with van der Waals surface area (Å²) in [6.45, 7) is 6.03. The van der Waals surface area contributed by atoms with E-state index in [-0.39, 0.29) is 0 Å². The Labute approximate surface area is 105 Å². The molecule has 92 valence electrons. The van der Waals surface area contributed by atoms with E-state index in [2.05, 4.69) is 33.4 Å². The van der Waals surface area contributed by atoms with Crippen molar-refractivity contribution in [2.24, 2.45) is 0 Å². The Kier molecular flexibility index (Phi) is 2.23. The molecule has 18 heavy (non-hydrogen) atoms. The van der Waals surface area contributed by atoms with Crippen LogP contribution in [0.15, 0.2) is 12.1 Å².